The first kappa shape index (κ1) is 17.5. The summed E-state index contributed by atoms with van der Waals surface area (Å²) in [7, 11) is 1.63. The topological polar surface area (TPSA) is 79.0 Å². The number of hydrogen-bond donors (Lipinski definition) is 3. The zero-order chi connectivity index (χ0) is 18.2. The van der Waals surface area contributed by atoms with Gasteiger partial charge in [-0.1, -0.05) is 12.1 Å². The number of anilines is 2. The monoisotopic (exact) mass is 350 g/mol. The standard InChI is InChI=1S/C20H22N4O2/c1-26-16-10-8-15(9-11-16)24-18-6-3-2-5-17(18)20(25)23-12-4-7-19-21-13-14-22-19/h2-3,5-6,8-11,13-14,24H,4,7,12H2,1H3,(H,21,22)(H,23,25). The molecular formula is C20H22N4O2. The number of aromatic nitrogens is 2. The van der Waals surface area contributed by atoms with E-state index in [0.717, 1.165) is 35.8 Å². The number of rotatable bonds is 8. The first-order valence-corrected chi connectivity index (χ1v) is 8.53. The summed E-state index contributed by atoms with van der Waals surface area (Å²) in [6.45, 7) is 0.594. The lowest BCUT2D eigenvalue weighted by Gasteiger charge is -2.12. The minimum Gasteiger partial charge on any atom is -0.497 e. The number of carbonyl (C=O) groups excluding carboxylic acids is 1. The number of para-hydroxylation sites is 1. The number of aryl methyl sites for hydroxylation is 1. The second-order valence-electron chi connectivity index (χ2n) is 5.79. The van der Waals surface area contributed by atoms with E-state index in [0.29, 0.717) is 12.1 Å². The molecule has 0 aliphatic rings. The van der Waals surface area contributed by atoms with E-state index >= 15 is 0 Å². The van der Waals surface area contributed by atoms with E-state index in [1.54, 1.807) is 19.5 Å². The summed E-state index contributed by atoms with van der Waals surface area (Å²) in [5.74, 6) is 1.63. The summed E-state index contributed by atoms with van der Waals surface area (Å²) < 4.78 is 5.16. The maximum absolute atomic E-state index is 12.5. The van der Waals surface area contributed by atoms with Crippen LogP contribution in [0.3, 0.4) is 0 Å². The van der Waals surface area contributed by atoms with Crippen LogP contribution in [0, 0.1) is 0 Å². The highest BCUT2D eigenvalue weighted by molar-refractivity contribution is 6.00. The van der Waals surface area contributed by atoms with Gasteiger partial charge in [0.05, 0.1) is 18.4 Å². The van der Waals surface area contributed by atoms with Crippen LogP contribution >= 0.6 is 0 Å². The number of hydrogen-bond acceptors (Lipinski definition) is 4. The molecule has 0 bridgehead atoms. The van der Waals surface area contributed by atoms with Gasteiger partial charge in [0.15, 0.2) is 0 Å². The maximum Gasteiger partial charge on any atom is 0.253 e. The summed E-state index contributed by atoms with van der Waals surface area (Å²) >= 11 is 0. The van der Waals surface area contributed by atoms with Crippen molar-refractivity contribution in [1.29, 1.82) is 0 Å². The maximum atomic E-state index is 12.5. The van der Waals surface area contributed by atoms with Crippen LogP contribution in [0.2, 0.25) is 0 Å². The molecule has 0 radical (unpaired) electrons. The lowest BCUT2D eigenvalue weighted by atomic mass is 10.1. The minimum atomic E-state index is -0.0962. The Kier molecular flexibility index (Phi) is 5.88. The number of methoxy groups -OCH3 is 1. The first-order valence-electron chi connectivity index (χ1n) is 8.53. The molecule has 3 N–H and O–H groups in total. The molecule has 0 saturated carbocycles. The number of ether oxygens (including phenoxy) is 1. The third kappa shape index (κ3) is 4.63. The number of benzene rings is 2. The average molecular weight is 350 g/mol. The van der Waals surface area contributed by atoms with E-state index in [1.807, 2.05) is 48.5 Å². The van der Waals surface area contributed by atoms with Gasteiger partial charge in [0.1, 0.15) is 11.6 Å². The molecule has 3 aromatic rings. The van der Waals surface area contributed by atoms with Crippen LogP contribution in [-0.4, -0.2) is 29.5 Å². The average Bonchev–Trinajstić information content (AvgIpc) is 3.20. The second-order valence-corrected chi connectivity index (χ2v) is 5.79. The fraction of sp³-hybridized carbons (Fsp3) is 0.200. The van der Waals surface area contributed by atoms with Gasteiger partial charge in [-0.05, 0) is 42.8 Å². The Morgan fingerprint density at radius 1 is 1.15 bits per heavy atom. The Labute approximate surface area is 152 Å². The van der Waals surface area contributed by atoms with Crippen molar-refractivity contribution in [2.45, 2.75) is 12.8 Å². The van der Waals surface area contributed by atoms with Gasteiger partial charge in [-0.3, -0.25) is 4.79 Å². The fourth-order valence-corrected chi connectivity index (χ4v) is 2.61. The first-order chi connectivity index (χ1) is 12.8. The molecule has 0 aliphatic carbocycles. The Morgan fingerprint density at radius 3 is 2.69 bits per heavy atom. The van der Waals surface area contributed by atoms with Crippen molar-refractivity contribution in [1.82, 2.24) is 15.3 Å². The summed E-state index contributed by atoms with van der Waals surface area (Å²) in [5, 5.41) is 6.25. The van der Waals surface area contributed by atoms with Crippen molar-refractivity contribution in [2.75, 3.05) is 19.0 Å². The molecule has 0 unspecified atom stereocenters. The molecule has 6 heteroatoms. The SMILES string of the molecule is COc1ccc(Nc2ccccc2C(=O)NCCCc2ncc[nH]2)cc1. The highest BCUT2D eigenvalue weighted by Gasteiger charge is 2.10. The van der Waals surface area contributed by atoms with Crippen LogP contribution in [0.15, 0.2) is 60.9 Å². The van der Waals surface area contributed by atoms with Crippen molar-refractivity contribution in [3.8, 4) is 5.75 Å². The van der Waals surface area contributed by atoms with Gasteiger partial charge in [0.25, 0.3) is 5.91 Å². The van der Waals surface area contributed by atoms with Gasteiger partial charge < -0.3 is 20.4 Å². The number of nitrogens with zero attached hydrogens (tertiary/aromatic N) is 1. The zero-order valence-electron chi connectivity index (χ0n) is 14.7. The van der Waals surface area contributed by atoms with Gasteiger partial charge in [-0.15, -0.1) is 0 Å². The third-order valence-corrected chi connectivity index (χ3v) is 3.97. The molecule has 1 aromatic heterocycles. The van der Waals surface area contributed by atoms with E-state index in [2.05, 4.69) is 20.6 Å². The molecule has 6 nitrogen and oxygen atoms in total. The zero-order valence-corrected chi connectivity index (χ0v) is 14.7. The van der Waals surface area contributed by atoms with E-state index in [-0.39, 0.29) is 5.91 Å². The Bertz CT molecular complexity index is 829. The molecule has 1 heterocycles. The molecule has 1 amide bonds. The second kappa shape index (κ2) is 8.71. The van der Waals surface area contributed by atoms with E-state index in [9.17, 15) is 4.79 Å². The number of carbonyl (C=O) groups is 1. The summed E-state index contributed by atoms with van der Waals surface area (Å²) in [6, 6.07) is 15.0. The van der Waals surface area contributed by atoms with Crippen LogP contribution in [0.1, 0.15) is 22.6 Å². The van der Waals surface area contributed by atoms with Gasteiger partial charge in [0, 0.05) is 31.0 Å². The number of amides is 1. The molecule has 0 spiro atoms. The molecular weight excluding hydrogens is 328 g/mol. The summed E-state index contributed by atoms with van der Waals surface area (Å²) in [5.41, 5.74) is 2.27. The van der Waals surface area contributed by atoms with Gasteiger partial charge in [0.2, 0.25) is 0 Å². The molecule has 0 atom stereocenters. The summed E-state index contributed by atoms with van der Waals surface area (Å²) in [6.07, 6.45) is 5.16. The predicted molar refractivity (Wildman–Crippen MR) is 102 cm³/mol. The molecule has 0 saturated heterocycles. The lowest BCUT2D eigenvalue weighted by Crippen LogP contribution is -2.25. The number of nitrogens with one attached hydrogen (secondary N) is 3. The van der Waals surface area contributed by atoms with Crippen molar-refractivity contribution in [2.24, 2.45) is 0 Å². The highest BCUT2D eigenvalue weighted by atomic mass is 16.5. The Balaban J connectivity index is 1.59. The predicted octanol–water partition coefficient (Wildman–Crippen LogP) is 3.52. The number of H-pyrrole nitrogens is 1. The van der Waals surface area contributed by atoms with Crippen LogP contribution in [-0.2, 0) is 6.42 Å². The lowest BCUT2D eigenvalue weighted by molar-refractivity contribution is 0.0954. The smallest absolute Gasteiger partial charge is 0.253 e. The summed E-state index contributed by atoms with van der Waals surface area (Å²) in [4.78, 5) is 19.8. The molecule has 2 aromatic carbocycles. The third-order valence-electron chi connectivity index (χ3n) is 3.97. The van der Waals surface area contributed by atoms with Crippen LogP contribution in [0.25, 0.3) is 0 Å². The number of imidazole rings is 1. The van der Waals surface area contributed by atoms with Crippen molar-refractivity contribution >= 4 is 17.3 Å². The van der Waals surface area contributed by atoms with E-state index in [1.165, 1.54) is 0 Å². The Morgan fingerprint density at radius 2 is 1.96 bits per heavy atom. The largest absolute Gasteiger partial charge is 0.497 e. The Hall–Kier alpha value is -3.28. The minimum absolute atomic E-state index is 0.0962. The van der Waals surface area contributed by atoms with Crippen molar-refractivity contribution in [3.63, 3.8) is 0 Å². The molecule has 26 heavy (non-hydrogen) atoms. The van der Waals surface area contributed by atoms with E-state index < -0.39 is 0 Å². The van der Waals surface area contributed by atoms with Crippen LogP contribution in [0.5, 0.6) is 5.75 Å². The van der Waals surface area contributed by atoms with Gasteiger partial charge in [-0.2, -0.15) is 0 Å². The highest BCUT2D eigenvalue weighted by Crippen LogP contribution is 2.22. The van der Waals surface area contributed by atoms with Gasteiger partial charge >= 0.3 is 0 Å². The van der Waals surface area contributed by atoms with E-state index in [4.69, 9.17) is 4.74 Å². The molecule has 0 fully saturated rings. The van der Waals surface area contributed by atoms with Crippen LogP contribution < -0.4 is 15.4 Å². The molecule has 134 valence electrons. The van der Waals surface area contributed by atoms with Crippen molar-refractivity contribution < 1.29 is 9.53 Å². The fourth-order valence-electron chi connectivity index (χ4n) is 2.61. The number of aromatic amines is 1. The normalized spacial score (nSPS) is 10.3. The van der Waals surface area contributed by atoms with Crippen molar-refractivity contribution in [3.05, 3.63) is 72.3 Å². The molecule has 3 rings (SSSR count). The quantitative estimate of drug-likeness (QED) is 0.543. The van der Waals surface area contributed by atoms with Crippen LogP contribution in [0.4, 0.5) is 11.4 Å². The molecule has 0 aliphatic heterocycles. The van der Waals surface area contributed by atoms with Gasteiger partial charge in [-0.25, -0.2) is 4.98 Å².